The molecule has 0 aromatic carbocycles. The third-order valence-electron chi connectivity index (χ3n) is 11.2. The van der Waals surface area contributed by atoms with E-state index < -0.39 is 6.23 Å². The predicted octanol–water partition coefficient (Wildman–Crippen LogP) is 14.9. The minimum absolute atomic E-state index is 0.367. The molecule has 0 aromatic rings. The second kappa shape index (κ2) is 44.0. The molecule has 0 radical (unpaired) electrons. The van der Waals surface area contributed by atoms with E-state index in [0.29, 0.717) is 12.5 Å². The van der Waals surface area contributed by atoms with Crippen LogP contribution in [0.5, 0.6) is 0 Å². The van der Waals surface area contributed by atoms with Gasteiger partial charge in [-0.15, -0.1) is 0 Å². The molecule has 1 atom stereocenters. The molecule has 0 amide bonds. The van der Waals surface area contributed by atoms with Gasteiger partial charge >= 0.3 is 0 Å². The maximum Gasteiger partial charge on any atom is 0.127 e. The first-order chi connectivity index (χ1) is 27.0. The van der Waals surface area contributed by atoms with Crippen molar-refractivity contribution in [3.8, 4) is 0 Å². The van der Waals surface area contributed by atoms with Crippen LogP contribution in [0.15, 0.2) is 24.7 Å². The number of hydrogen-bond acceptors (Lipinski definition) is 6. The lowest BCUT2D eigenvalue weighted by molar-refractivity contribution is -0.0355. The number of unbranched alkanes of at least 4 members (excludes halogenated alkanes) is 24. The molecule has 328 valence electrons. The van der Waals surface area contributed by atoms with Crippen molar-refractivity contribution in [1.82, 2.24) is 10.4 Å². The van der Waals surface area contributed by atoms with Crippen LogP contribution in [0.2, 0.25) is 0 Å². The van der Waals surface area contributed by atoms with Gasteiger partial charge in [-0.1, -0.05) is 175 Å². The molecule has 0 fully saturated rings. The van der Waals surface area contributed by atoms with Crippen LogP contribution in [0.3, 0.4) is 0 Å². The summed E-state index contributed by atoms with van der Waals surface area (Å²) >= 11 is 0. The van der Waals surface area contributed by atoms with Crippen molar-refractivity contribution in [1.29, 1.82) is 0 Å². The summed E-state index contributed by atoms with van der Waals surface area (Å²) in [5, 5.41) is 10.1. The van der Waals surface area contributed by atoms with Gasteiger partial charge < -0.3 is 24.3 Å². The molecular formula is C49H98N2O4. The van der Waals surface area contributed by atoms with Crippen LogP contribution in [-0.4, -0.2) is 55.7 Å². The number of allylic oxidation sites excluding steroid dienone is 2. The highest BCUT2D eigenvalue weighted by molar-refractivity contribution is 4.84. The normalized spacial score (nSPS) is 12.2. The van der Waals surface area contributed by atoms with Gasteiger partial charge in [0, 0.05) is 12.8 Å². The summed E-state index contributed by atoms with van der Waals surface area (Å²) in [5.74, 6) is 2.00. The van der Waals surface area contributed by atoms with Crippen LogP contribution >= 0.6 is 0 Å². The van der Waals surface area contributed by atoms with Crippen LogP contribution in [0, 0.1) is 0 Å². The first kappa shape index (κ1) is 53.9. The van der Waals surface area contributed by atoms with E-state index in [1.807, 2.05) is 0 Å². The lowest BCUT2D eigenvalue weighted by Gasteiger charge is -2.23. The van der Waals surface area contributed by atoms with Gasteiger partial charge in [0.25, 0.3) is 0 Å². The molecular weight excluding hydrogens is 681 g/mol. The van der Waals surface area contributed by atoms with Crippen molar-refractivity contribution in [2.75, 3.05) is 33.4 Å². The van der Waals surface area contributed by atoms with E-state index in [-0.39, 0.29) is 0 Å². The summed E-state index contributed by atoms with van der Waals surface area (Å²) in [6.07, 6.45) is 43.8. The van der Waals surface area contributed by atoms with Crippen molar-refractivity contribution in [3.63, 3.8) is 0 Å². The molecule has 55 heavy (non-hydrogen) atoms. The molecule has 0 spiro atoms. The Balaban J connectivity index is 4.29. The fraction of sp³-hybridized carbons (Fsp3) is 0.918. The number of aliphatic hydroxyl groups is 1. The largest absolute Gasteiger partial charge is 0.499 e. The van der Waals surface area contributed by atoms with E-state index in [9.17, 15) is 5.11 Å². The zero-order valence-corrected chi connectivity index (χ0v) is 37.8. The average molecular weight is 779 g/mol. The average Bonchev–Trinajstić information content (AvgIpc) is 3.17. The molecule has 0 saturated heterocycles. The van der Waals surface area contributed by atoms with Crippen molar-refractivity contribution in [2.24, 2.45) is 0 Å². The van der Waals surface area contributed by atoms with Crippen molar-refractivity contribution in [3.05, 3.63) is 24.7 Å². The number of nitrogens with one attached hydrogen (secondary N) is 1. The van der Waals surface area contributed by atoms with Gasteiger partial charge in [0.1, 0.15) is 6.23 Å². The monoisotopic (exact) mass is 779 g/mol. The third kappa shape index (κ3) is 40.9. The van der Waals surface area contributed by atoms with Gasteiger partial charge in [0.05, 0.1) is 31.3 Å². The fourth-order valence-electron chi connectivity index (χ4n) is 7.62. The standard InChI is InChI=1S/C49H98N2O4/c1-7-10-13-16-19-28-35-45-54-46(4)37-29-22-20-26-33-42-51(44-36-41-49(52)50-53-6)43-34-27-21-23-30-38-47(5)55-48(39-31-24-17-14-11-8-2)40-32-25-18-15-12-9-3/h48-50,52H,4-5,7-45H2,1-3,6H3. The van der Waals surface area contributed by atoms with Crippen LogP contribution in [0.4, 0.5) is 0 Å². The van der Waals surface area contributed by atoms with Gasteiger partial charge in [0.2, 0.25) is 0 Å². The third-order valence-corrected chi connectivity index (χ3v) is 11.2. The summed E-state index contributed by atoms with van der Waals surface area (Å²) < 4.78 is 12.4. The first-order valence-corrected chi connectivity index (χ1v) is 24.3. The number of hydrogen-bond donors (Lipinski definition) is 2. The minimum atomic E-state index is -0.596. The Kier molecular flexibility index (Phi) is 43.2. The summed E-state index contributed by atoms with van der Waals surface area (Å²) in [6, 6.07) is 0. The van der Waals surface area contributed by atoms with Crippen molar-refractivity contribution >= 4 is 0 Å². The topological polar surface area (TPSA) is 63.2 Å². The lowest BCUT2D eigenvalue weighted by Crippen LogP contribution is -2.31. The molecule has 0 aromatic heterocycles. The Bertz CT molecular complexity index is 777. The Hall–Kier alpha value is -1.08. The van der Waals surface area contributed by atoms with E-state index in [1.54, 1.807) is 7.11 Å². The van der Waals surface area contributed by atoms with E-state index >= 15 is 0 Å². The predicted molar refractivity (Wildman–Crippen MR) is 240 cm³/mol. The lowest BCUT2D eigenvalue weighted by atomic mass is 10.0. The van der Waals surface area contributed by atoms with Crippen LogP contribution in [-0.2, 0) is 14.3 Å². The van der Waals surface area contributed by atoms with Gasteiger partial charge in [-0.05, 0) is 90.3 Å². The summed E-state index contributed by atoms with van der Waals surface area (Å²) in [7, 11) is 1.56. The molecule has 6 nitrogen and oxygen atoms in total. The van der Waals surface area contributed by atoms with Gasteiger partial charge in [-0.3, -0.25) is 0 Å². The second-order valence-electron chi connectivity index (χ2n) is 16.8. The second-order valence-corrected chi connectivity index (χ2v) is 16.8. The summed E-state index contributed by atoms with van der Waals surface area (Å²) in [6.45, 7) is 19.6. The molecule has 0 rings (SSSR count). The van der Waals surface area contributed by atoms with E-state index in [0.717, 1.165) is 63.4 Å². The molecule has 0 heterocycles. The summed E-state index contributed by atoms with van der Waals surface area (Å²) in [5.41, 5.74) is 2.66. The Morgan fingerprint density at radius 2 is 0.891 bits per heavy atom. The van der Waals surface area contributed by atoms with Crippen molar-refractivity contribution in [2.45, 2.75) is 258 Å². The minimum Gasteiger partial charge on any atom is -0.499 e. The van der Waals surface area contributed by atoms with Crippen LogP contribution < -0.4 is 5.48 Å². The Morgan fingerprint density at radius 3 is 1.38 bits per heavy atom. The number of hydroxylamine groups is 1. The highest BCUT2D eigenvalue weighted by Crippen LogP contribution is 2.21. The number of nitrogens with zero attached hydrogens (tertiary/aromatic N) is 1. The molecule has 0 aliphatic heterocycles. The zero-order valence-electron chi connectivity index (χ0n) is 37.8. The molecule has 0 aliphatic carbocycles. The number of rotatable bonds is 47. The molecule has 6 heteroatoms. The van der Waals surface area contributed by atoms with E-state index in [2.05, 4.69) is 44.3 Å². The quantitative estimate of drug-likeness (QED) is 0.0278. The maximum atomic E-state index is 10.1. The van der Waals surface area contributed by atoms with Gasteiger partial charge in [0.15, 0.2) is 0 Å². The Labute approximate surface area is 344 Å². The van der Waals surface area contributed by atoms with Crippen molar-refractivity contribution < 1.29 is 19.4 Å². The number of aliphatic hydroxyl groups excluding tert-OH is 1. The highest BCUT2D eigenvalue weighted by atomic mass is 16.7. The molecule has 2 N–H and O–H groups in total. The fourth-order valence-corrected chi connectivity index (χ4v) is 7.62. The molecule has 0 bridgehead atoms. The van der Waals surface area contributed by atoms with E-state index in [1.165, 1.54) is 193 Å². The molecule has 1 unspecified atom stereocenters. The molecule has 0 saturated carbocycles. The highest BCUT2D eigenvalue weighted by Gasteiger charge is 2.12. The van der Waals surface area contributed by atoms with Crippen LogP contribution in [0.1, 0.15) is 245 Å². The Morgan fingerprint density at radius 1 is 0.491 bits per heavy atom. The first-order valence-electron chi connectivity index (χ1n) is 24.3. The maximum absolute atomic E-state index is 10.1. The zero-order chi connectivity index (χ0) is 40.3. The van der Waals surface area contributed by atoms with E-state index in [4.69, 9.17) is 14.3 Å². The summed E-state index contributed by atoms with van der Waals surface area (Å²) in [4.78, 5) is 7.52. The van der Waals surface area contributed by atoms with Gasteiger partial charge in [-0.25, -0.2) is 0 Å². The molecule has 0 aliphatic rings. The van der Waals surface area contributed by atoms with Gasteiger partial charge in [-0.2, -0.15) is 5.48 Å². The number of ether oxygens (including phenoxy) is 2. The van der Waals surface area contributed by atoms with Crippen LogP contribution in [0.25, 0.3) is 0 Å². The smallest absolute Gasteiger partial charge is 0.127 e. The SMILES string of the molecule is C=C(CCCCCCCN(CCCCCCCC(=C)OC(CCCCCCCC)CCCCCCCC)CCCC(O)NOC)OCCCCCCCCC.